The van der Waals surface area contributed by atoms with Gasteiger partial charge in [-0.2, -0.15) is 0 Å². The highest BCUT2D eigenvalue weighted by Gasteiger charge is 2.45. The van der Waals surface area contributed by atoms with Crippen molar-refractivity contribution in [3.05, 3.63) is 80.9 Å². The molecule has 8 heteroatoms. The van der Waals surface area contributed by atoms with Crippen LogP contribution in [0.4, 0.5) is 5.69 Å². The molecular weight excluding hydrogens is 436 g/mol. The molecule has 2 aromatic rings. The Morgan fingerprint density at radius 3 is 2.38 bits per heavy atom. The third-order valence-electron chi connectivity index (χ3n) is 5.78. The van der Waals surface area contributed by atoms with Crippen LogP contribution in [0.1, 0.15) is 62.8 Å². The summed E-state index contributed by atoms with van der Waals surface area (Å²) in [6, 6.07) is 12.2. The number of ketones is 1. The number of non-ortho nitro benzene ring substituents is 1. The van der Waals surface area contributed by atoms with E-state index >= 15 is 0 Å². The van der Waals surface area contributed by atoms with Crippen molar-refractivity contribution in [1.29, 1.82) is 0 Å². The van der Waals surface area contributed by atoms with E-state index in [0.29, 0.717) is 24.5 Å². The van der Waals surface area contributed by atoms with E-state index in [9.17, 15) is 24.8 Å². The molecule has 1 saturated heterocycles. The van der Waals surface area contributed by atoms with E-state index in [1.54, 1.807) is 0 Å². The molecule has 1 aliphatic rings. The number of aliphatic hydroxyl groups is 1. The van der Waals surface area contributed by atoms with Gasteiger partial charge in [-0.3, -0.25) is 19.7 Å². The third-order valence-corrected chi connectivity index (χ3v) is 5.78. The number of amides is 1. The molecule has 180 valence electrons. The van der Waals surface area contributed by atoms with E-state index < -0.39 is 28.4 Å². The molecule has 1 fully saturated rings. The average molecular weight is 467 g/mol. The molecule has 1 amide bonds. The van der Waals surface area contributed by atoms with Crippen molar-refractivity contribution in [1.82, 2.24) is 4.90 Å². The van der Waals surface area contributed by atoms with Crippen LogP contribution in [-0.2, 0) is 14.3 Å². The Morgan fingerprint density at radius 1 is 1.12 bits per heavy atom. The number of nitro benzene ring substituents is 1. The summed E-state index contributed by atoms with van der Waals surface area (Å²) in [6.07, 6.45) is 0.562. The zero-order valence-electron chi connectivity index (χ0n) is 19.9. The highest BCUT2D eigenvalue weighted by molar-refractivity contribution is 6.46. The Hall–Kier alpha value is -3.52. The van der Waals surface area contributed by atoms with Crippen LogP contribution < -0.4 is 0 Å². The van der Waals surface area contributed by atoms with Crippen LogP contribution in [-0.4, -0.2) is 45.9 Å². The predicted octanol–water partition coefficient (Wildman–Crippen LogP) is 4.96. The summed E-state index contributed by atoms with van der Waals surface area (Å²) in [4.78, 5) is 38.1. The predicted molar refractivity (Wildman–Crippen MR) is 128 cm³/mol. The standard InChI is InChI=1S/C26H30N2O6/c1-16(2)18-9-11-19(12-10-18)23-22(24(29)20-7-5-8-21(15-20)28(32)33)25(30)26(31)27(23)13-6-14-34-17(3)4/h5,7-12,15-17,23,29H,6,13-14H2,1-4H3/t23-/m0/s1. The minimum atomic E-state index is -0.813. The minimum absolute atomic E-state index is 0.0451. The first-order valence-electron chi connectivity index (χ1n) is 11.4. The van der Waals surface area contributed by atoms with E-state index in [-0.39, 0.29) is 29.5 Å². The van der Waals surface area contributed by atoms with Crippen molar-refractivity contribution in [2.24, 2.45) is 0 Å². The highest BCUT2D eigenvalue weighted by atomic mass is 16.6. The van der Waals surface area contributed by atoms with Crippen molar-refractivity contribution in [3.8, 4) is 0 Å². The van der Waals surface area contributed by atoms with Crippen molar-refractivity contribution < 1.29 is 24.4 Å². The van der Waals surface area contributed by atoms with Gasteiger partial charge in [0.1, 0.15) is 5.76 Å². The largest absolute Gasteiger partial charge is 0.507 e. The van der Waals surface area contributed by atoms with Crippen LogP contribution in [0.5, 0.6) is 0 Å². The number of likely N-dealkylation sites (tertiary alicyclic amines) is 1. The summed E-state index contributed by atoms with van der Waals surface area (Å²) in [5.41, 5.74) is 1.60. The van der Waals surface area contributed by atoms with Crippen LogP contribution in [0.3, 0.4) is 0 Å². The molecular formula is C26H30N2O6. The number of hydrogen-bond donors (Lipinski definition) is 1. The molecule has 0 radical (unpaired) electrons. The second-order valence-electron chi connectivity index (χ2n) is 8.89. The molecule has 0 bridgehead atoms. The molecule has 2 aromatic carbocycles. The maximum Gasteiger partial charge on any atom is 0.295 e. The zero-order valence-corrected chi connectivity index (χ0v) is 19.9. The van der Waals surface area contributed by atoms with E-state index in [0.717, 1.165) is 5.56 Å². The average Bonchev–Trinajstić information content (AvgIpc) is 3.06. The van der Waals surface area contributed by atoms with E-state index in [2.05, 4.69) is 13.8 Å². The number of benzene rings is 2. The fourth-order valence-electron chi connectivity index (χ4n) is 4.00. The Kier molecular flexibility index (Phi) is 7.83. The SMILES string of the molecule is CC(C)OCCCN1C(=O)C(=O)C(=C(O)c2cccc([N+](=O)[O-])c2)[C@@H]1c1ccc(C(C)C)cc1. The van der Waals surface area contributed by atoms with Crippen LogP contribution >= 0.6 is 0 Å². The van der Waals surface area contributed by atoms with Gasteiger partial charge in [-0.15, -0.1) is 0 Å². The number of rotatable bonds is 9. The Morgan fingerprint density at radius 2 is 1.79 bits per heavy atom. The third kappa shape index (κ3) is 5.34. The fourth-order valence-corrected chi connectivity index (χ4v) is 4.00. The molecule has 0 aromatic heterocycles. The van der Waals surface area contributed by atoms with Crippen molar-refractivity contribution in [3.63, 3.8) is 0 Å². The van der Waals surface area contributed by atoms with Crippen LogP contribution in [0.25, 0.3) is 5.76 Å². The van der Waals surface area contributed by atoms with Gasteiger partial charge in [0.05, 0.1) is 22.6 Å². The molecule has 1 atom stereocenters. The fraction of sp³-hybridized carbons (Fsp3) is 0.385. The van der Waals surface area contributed by atoms with E-state index in [1.165, 1.54) is 29.2 Å². The number of carbonyl (C=O) groups is 2. The second kappa shape index (κ2) is 10.6. The highest BCUT2D eigenvalue weighted by Crippen LogP contribution is 2.40. The number of nitro groups is 1. The van der Waals surface area contributed by atoms with Crippen LogP contribution in [0, 0.1) is 10.1 Å². The Balaban J connectivity index is 2.07. The van der Waals surface area contributed by atoms with Gasteiger partial charge in [0.25, 0.3) is 17.4 Å². The van der Waals surface area contributed by atoms with Gasteiger partial charge in [0.2, 0.25) is 0 Å². The first-order valence-corrected chi connectivity index (χ1v) is 11.4. The first-order chi connectivity index (χ1) is 16.1. The summed E-state index contributed by atoms with van der Waals surface area (Å²) in [5, 5.41) is 22.3. The van der Waals surface area contributed by atoms with Crippen LogP contribution in [0.15, 0.2) is 54.1 Å². The quantitative estimate of drug-likeness (QED) is 0.140. The van der Waals surface area contributed by atoms with Gasteiger partial charge < -0.3 is 14.7 Å². The summed E-state index contributed by atoms with van der Waals surface area (Å²) in [7, 11) is 0. The Labute approximate surface area is 199 Å². The normalized spacial score (nSPS) is 17.7. The lowest BCUT2D eigenvalue weighted by Gasteiger charge is -2.26. The summed E-state index contributed by atoms with van der Waals surface area (Å²) >= 11 is 0. The van der Waals surface area contributed by atoms with Gasteiger partial charge >= 0.3 is 0 Å². The summed E-state index contributed by atoms with van der Waals surface area (Å²) < 4.78 is 5.58. The number of ether oxygens (including phenoxy) is 1. The molecule has 3 rings (SSSR count). The molecule has 1 N–H and O–H groups in total. The number of carbonyl (C=O) groups excluding carboxylic acids is 2. The minimum Gasteiger partial charge on any atom is -0.507 e. The monoisotopic (exact) mass is 466 g/mol. The Bertz CT molecular complexity index is 1100. The summed E-state index contributed by atoms with van der Waals surface area (Å²) in [6.45, 7) is 8.66. The summed E-state index contributed by atoms with van der Waals surface area (Å²) in [5.74, 6) is -1.65. The molecule has 0 aliphatic carbocycles. The van der Waals surface area contributed by atoms with Crippen molar-refractivity contribution >= 4 is 23.1 Å². The lowest BCUT2D eigenvalue weighted by atomic mass is 9.93. The number of aliphatic hydroxyl groups excluding tert-OH is 1. The van der Waals surface area contributed by atoms with Gasteiger partial charge in [-0.25, -0.2) is 0 Å². The van der Waals surface area contributed by atoms with Crippen molar-refractivity contribution in [2.45, 2.75) is 52.2 Å². The molecule has 1 heterocycles. The number of hydrogen-bond acceptors (Lipinski definition) is 6. The van der Waals surface area contributed by atoms with Gasteiger partial charge in [0.15, 0.2) is 0 Å². The molecule has 1 aliphatic heterocycles. The maximum absolute atomic E-state index is 13.1. The molecule has 0 unspecified atom stereocenters. The van der Waals surface area contributed by atoms with Gasteiger partial charge in [-0.1, -0.05) is 50.2 Å². The zero-order chi connectivity index (χ0) is 25.0. The van der Waals surface area contributed by atoms with E-state index in [4.69, 9.17) is 4.74 Å². The topological polar surface area (TPSA) is 110 Å². The van der Waals surface area contributed by atoms with Gasteiger partial charge in [-0.05, 0) is 37.3 Å². The van der Waals surface area contributed by atoms with E-state index in [1.807, 2.05) is 38.1 Å². The maximum atomic E-state index is 13.1. The molecule has 8 nitrogen and oxygen atoms in total. The van der Waals surface area contributed by atoms with Crippen LogP contribution in [0.2, 0.25) is 0 Å². The molecule has 34 heavy (non-hydrogen) atoms. The molecule has 0 saturated carbocycles. The number of nitrogens with zero attached hydrogens (tertiary/aromatic N) is 2. The van der Waals surface area contributed by atoms with Gasteiger partial charge in [0, 0.05) is 30.8 Å². The molecule has 0 spiro atoms. The smallest absolute Gasteiger partial charge is 0.295 e. The number of Topliss-reactive ketones (excluding diaryl/α,β-unsaturated/α-hetero) is 1. The first kappa shape index (κ1) is 25.1. The second-order valence-corrected chi connectivity index (χ2v) is 8.89. The lowest BCUT2D eigenvalue weighted by Crippen LogP contribution is -2.31. The lowest BCUT2D eigenvalue weighted by molar-refractivity contribution is -0.384. The van der Waals surface area contributed by atoms with Crippen molar-refractivity contribution in [2.75, 3.05) is 13.2 Å².